The van der Waals surface area contributed by atoms with Gasteiger partial charge in [0.15, 0.2) is 5.11 Å². The molecule has 0 saturated carbocycles. The second-order valence-electron chi connectivity index (χ2n) is 3.29. The third-order valence-electron chi connectivity index (χ3n) is 1.98. The number of carbonyl (C=O) groups excluding carboxylic acids is 1. The first-order valence-corrected chi connectivity index (χ1v) is 5.49. The lowest BCUT2D eigenvalue weighted by Gasteiger charge is -2.11. The van der Waals surface area contributed by atoms with Gasteiger partial charge in [-0.15, -0.1) is 0 Å². The Morgan fingerprint density at radius 2 is 2.12 bits per heavy atom. The number of anilines is 1. The predicted octanol–water partition coefficient (Wildman–Crippen LogP) is 1.48. The maximum absolute atomic E-state index is 11.1. The van der Waals surface area contributed by atoms with Gasteiger partial charge in [0.2, 0.25) is 0 Å². The van der Waals surface area contributed by atoms with E-state index in [1.807, 2.05) is 13.0 Å². The van der Waals surface area contributed by atoms with Crippen LogP contribution in [0.1, 0.15) is 23.7 Å². The molecule has 1 rings (SSSR count). The van der Waals surface area contributed by atoms with Crippen molar-refractivity contribution in [2.45, 2.75) is 13.3 Å². The van der Waals surface area contributed by atoms with Crippen LogP contribution < -0.4 is 16.4 Å². The highest BCUT2D eigenvalue weighted by Crippen LogP contribution is 2.13. The smallest absolute Gasteiger partial charge is 0.250 e. The number of para-hydroxylation sites is 1. The van der Waals surface area contributed by atoms with Gasteiger partial charge in [0.1, 0.15) is 0 Å². The van der Waals surface area contributed by atoms with Crippen LogP contribution in [0.2, 0.25) is 0 Å². The lowest BCUT2D eigenvalue weighted by atomic mass is 10.1. The third-order valence-corrected chi connectivity index (χ3v) is 2.22. The molecule has 86 valence electrons. The van der Waals surface area contributed by atoms with Crippen LogP contribution in [-0.2, 0) is 0 Å². The molecule has 5 heteroatoms. The van der Waals surface area contributed by atoms with Gasteiger partial charge in [-0.2, -0.15) is 0 Å². The van der Waals surface area contributed by atoms with Crippen molar-refractivity contribution in [3.05, 3.63) is 29.8 Å². The number of amides is 1. The number of rotatable bonds is 4. The molecule has 16 heavy (non-hydrogen) atoms. The number of nitrogens with one attached hydrogen (secondary N) is 2. The summed E-state index contributed by atoms with van der Waals surface area (Å²) in [4.78, 5) is 11.1. The molecular formula is C11H15N3OS. The van der Waals surface area contributed by atoms with Crippen molar-refractivity contribution in [1.29, 1.82) is 0 Å². The van der Waals surface area contributed by atoms with Crippen molar-refractivity contribution in [2.75, 3.05) is 11.9 Å². The molecule has 0 spiro atoms. The summed E-state index contributed by atoms with van der Waals surface area (Å²) in [5.74, 6) is -0.471. The Morgan fingerprint density at radius 3 is 2.75 bits per heavy atom. The van der Waals surface area contributed by atoms with E-state index in [0.717, 1.165) is 13.0 Å². The largest absolute Gasteiger partial charge is 0.366 e. The SMILES string of the molecule is CCCNC(=S)Nc1ccccc1C(N)=O. The molecule has 0 aliphatic carbocycles. The first-order valence-electron chi connectivity index (χ1n) is 5.08. The van der Waals surface area contributed by atoms with Crippen molar-refractivity contribution in [2.24, 2.45) is 5.73 Å². The van der Waals surface area contributed by atoms with Crippen LogP contribution in [0.4, 0.5) is 5.69 Å². The van der Waals surface area contributed by atoms with E-state index in [1.165, 1.54) is 0 Å². The van der Waals surface area contributed by atoms with E-state index in [-0.39, 0.29) is 0 Å². The van der Waals surface area contributed by atoms with E-state index >= 15 is 0 Å². The Labute approximate surface area is 100 Å². The number of hydrogen-bond donors (Lipinski definition) is 3. The molecule has 0 fully saturated rings. The first kappa shape index (κ1) is 12.4. The predicted molar refractivity (Wildman–Crippen MR) is 69.5 cm³/mol. The molecule has 1 aromatic rings. The number of hydrogen-bond acceptors (Lipinski definition) is 2. The van der Waals surface area contributed by atoms with E-state index in [4.69, 9.17) is 18.0 Å². The molecule has 0 heterocycles. The molecule has 4 nitrogen and oxygen atoms in total. The van der Waals surface area contributed by atoms with Crippen LogP contribution in [-0.4, -0.2) is 17.6 Å². The molecule has 0 aromatic heterocycles. The Morgan fingerprint density at radius 1 is 1.44 bits per heavy atom. The molecule has 0 atom stereocenters. The van der Waals surface area contributed by atoms with Crippen LogP contribution in [0.3, 0.4) is 0 Å². The number of primary amides is 1. The fraction of sp³-hybridized carbons (Fsp3) is 0.273. The molecule has 0 unspecified atom stereocenters. The van der Waals surface area contributed by atoms with E-state index in [2.05, 4.69) is 10.6 Å². The number of benzene rings is 1. The second-order valence-corrected chi connectivity index (χ2v) is 3.70. The minimum atomic E-state index is -0.471. The van der Waals surface area contributed by atoms with Gasteiger partial charge in [-0.1, -0.05) is 19.1 Å². The molecule has 0 aliphatic heterocycles. The van der Waals surface area contributed by atoms with Gasteiger partial charge in [0.05, 0.1) is 11.3 Å². The first-order chi connectivity index (χ1) is 7.65. The van der Waals surface area contributed by atoms with Gasteiger partial charge in [-0.3, -0.25) is 4.79 Å². The Kier molecular flexibility index (Phi) is 4.72. The number of nitrogens with two attached hydrogens (primary N) is 1. The van der Waals surface area contributed by atoms with Gasteiger partial charge in [-0.25, -0.2) is 0 Å². The monoisotopic (exact) mass is 237 g/mol. The molecule has 0 aliphatic rings. The zero-order chi connectivity index (χ0) is 12.0. The number of thiocarbonyl (C=S) groups is 1. The van der Waals surface area contributed by atoms with Gasteiger partial charge < -0.3 is 16.4 Å². The fourth-order valence-electron chi connectivity index (χ4n) is 1.21. The Hall–Kier alpha value is -1.62. The molecule has 0 bridgehead atoms. The quantitative estimate of drug-likeness (QED) is 0.694. The highest BCUT2D eigenvalue weighted by molar-refractivity contribution is 7.80. The zero-order valence-corrected chi connectivity index (χ0v) is 9.93. The van der Waals surface area contributed by atoms with Crippen LogP contribution >= 0.6 is 12.2 Å². The van der Waals surface area contributed by atoms with Crippen molar-refractivity contribution in [3.8, 4) is 0 Å². The minimum absolute atomic E-state index is 0.433. The van der Waals surface area contributed by atoms with E-state index < -0.39 is 5.91 Å². The Balaban J connectivity index is 2.73. The molecular weight excluding hydrogens is 222 g/mol. The van der Waals surface area contributed by atoms with Gasteiger partial charge in [0, 0.05) is 6.54 Å². The maximum Gasteiger partial charge on any atom is 0.250 e. The third kappa shape index (κ3) is 3.51. The average molecular weight is 237 g/mol. The summed E-state index contributed by atoms with van der Waals surface area (Å²) >= 11 is 5.07. The zero-order valence-electron chi connectivity index (χ0n) is 9.12. The maximum atomic E-state index is 11.1. The van der Waals surface area contributed by atoms with Crippen LogP contribution in [0.25, 0.3) is 0 Å². The summed E-state index contributed by atoms with van der Waals surface area (Å²) in [6.07, 6.45) is 0.985. The molecule has 0 saturated heterocycles. The highest BCUT2D eigenvalue weighted by Gasteiger charge is 2.07. The minimum Gasteiger partial charge on any atom is -0.366 e. The lowest BCUT2D eigenvalue weighted by Crippen LogP contribution is -2.30. The lowest BCUT2D eigenvalue weighted by molar-refractivity contribution is 0.100. The van der Waals surface area contributed by atoms with E-state index in [1.54, 1.807) is 18.2 Å². The highest BCUT2D eigenvalue weighted by atomic mass is 32.1. The molecule has 1 amide bonds. The summed E-state index contributed by atoms with van der Waals surface area (Å²) in [5.41, 5.74) is 6.31. The van der Waals surface area contributed by atoms with E-state index in [0.29, 0.717) is 16.4 Å². The Bertz CT molecular complexity index is 393. The summed E-state index contributed by atoms with van der Waals surface area (Å²) in [6, 6.07) is 7.00. The summed E-state index contributed by atoms with van der Waals surface area (Å²) in [6.45, 7) is 2.84. The average Bonchev–Trinajstić information content (AvgIpc) is 2.27. The van der Waals surface area contributed by atoms with E-state index in [9.17, 15) is 4.79 Å². The van der Waals surface area contributed by atoms with Gasteiger partial charge >= 0.3 is 0 Å². The van der Waals surface area contributed by atoms with Crippen molar-refractivity contribution in [3.63, 3.8) is 0 Å². The normalized spacial score (nSPS) is 9.56. The van der Waals surface area contributed by atoms with Gasteiger partial charge in [0.25, 0.3) is 5.91 Å². The van der Waals surface area contributed by atoms with Crippen LogP contribution in [0, 0.1) is 0 Å². The second kappa shape index (κ2) is 6.07. The summed E-state index contributed by atoms with van der Waals surface area (Å²) in [7, 11) is 0. The van der Waals surface area contributed by atoms with Crippen LogP contribution in [0.5, 0.6) is 0 Å². The topological polar surface area (TPSA) is 67.2 Å². The fourth-order valence-corrected chi connectivity index (χ4v) is 1.42. The standard InChI is InChI=1S/C11H15N3OS/c1-2-7-13-11(16)14-9-6-4-3-5-8(9)10(12)15/h3-6H,2,7H2,1H3,(H2,12,15)(H2,13,14,16). The van der Waals surface area contributed by atoms with Crippen LogP contribution in [0.15, 0.2) is 24.3 Å². The summed E-state index contributed by atoms with van der Waals surface area (Å²) < 4.78 is 0. The molecule has 1 aromatic carbocycles. The van der Waals surface area contributed by atoms with Crippen molar-refractivity contribution < 1.29 is 4.79 Å². The van der Waals surface area contributed by atoms with Gasteiger partial charge in [-0.05, 0) is 30.8 Å². The summed E-state index contributed by atoms with van der Waals surface area (Å²) in [5, 5.41) is 6.46. The number of carbonyl (C=O) groups is 1. The van der Waals surface area contributed by atoms with Crippen molar-refractivity contribution in [1.82, 2.24) is 5.32 Å². The van der Waals surface area contributed by atoms with Crippen molar-refractivity contribution >= 4 is 28.9 Å². The molecule has 0 radical (unpaired) electrons. The molecule has 4 N–H and O–H groups in total.